The molecule has 0 aliphatic heterocycles. The van der Waals surface area contributed by atoms with Gasteiger partial charge in [0, 0.05) is 23.3 Å². The van der Waals surface area contributed by atoms with E-state index in [4.69, 9.17) is 4.74 Å². The number of hydrogen-bond acceptors (Lipinski definition) is 4. The van der Waals surface area contributed by atoms with Crippen LogP contribution in [-0.2, 0) is 6.54 Å². The van der Waals surface area contributed by atoms with Crippen LogP contribution in [0.2, 0.25) is 0 Å². The zero-order valence-electron chi connectivity index (χ0n) is 10.8. The summed E-state index contributed by atoms with van der Waals surface area (Å²) in [4.78, 5) is 16.0. The number of amides is 1. The fourth-order valence-corrected chi connectivity index (χ4v) is 1.96. The van der Waals surface area contributed by atoms with Gasteiger partial charge >= 0.3 is 0 Å². The third-order valence-corrected chi connectivity index (χ3v) is 3.16. The molecule has 6 heteroatoms. The van der Waals surface area contributed by atoms with E-state index >= 15 is 0 Å². The summed E-state index contributed by atoms with van der Waals surface area (Å²) < 4.78 is 5.67. The normalized spacial score (nSPS) is 10.1. The van der Waals surface area contributed by atoms with Gasteiger partial charge in [0.05, 0.1) is 12.7 Å². The van der Waals surface area contributed by atoms with Crippen molar-refractivity contribution in [1.29, 1.82) is 0 Å². The predicted octanol–water partition coefficient (Wildman–Crippen LogP) is 2.49. The highest BCUT2D eigenvalue weighted by Crippen LogP contribution is 2.22. The highest BCUT2D eigenvalue weighted by molar-refractivity contribution is 9.10. The van der Waals surface area contributed by atoms with Gasteiger partial charge in [-0.25, -0.2) is 4.98 Å². The highest BCUT2D eigenvalue weighted by atomic mass is 79.9. The molecule has 0 spiro atoms. The lowest BCUT2D eigenvalue weighted by Gasteiger charge is -2.07. The van der Waals surface area contributed by atoms with E-state index in [0.717, 1.165) is 5.56 Å². The van der Waals surface area contributed by atoms with E-state index < -0.39 is 0 Å². The number of ether oxygens (including phenoxy) is 1. The number of halogens is 1. The molecule has 1 amide bonds. The van der Waals surface area contributed by atoms with Crippen LogP contribution >= 0.6 is 15.9 Å². The van der Waals surface area contributed by atoms with Crippen LogP contribution in [0.1, 0.15) is 15.9 Å². The van der Waals surface area contributed by atoms with Gasteiger partial charge in [0.2, 0.25) is 5.88 Å². The molecular weight excluding hydrogens is 324 g/mol. The van der Waals surface area contributed by atoms with Gasteiger partial charge in [-0.2, -0.15) is 0 Å². The van der Waals surface area contributed by atoms with Crippen molar-refractivity contribution in [2.75, 3.05) is 7.11 Å². The number of carbonyl (C=O) groups excluding carboxylic acids is 1. The molecule has 2 N–H and O–H groups in total. The Morgan fingerprint density at radius 2 is 2.20 bits per heavy atom. The number of benzene rings is 1. The van der Waals surface area contributed by atoms with Crippen molar-refractivity contribution >= 4 is 21.8 Å². The van der Waals surface area contributed by atoms with Gasteiger partial charge < -0.3 is 15.2 Å². The van der Waals surface area contributed by atoms with Crippen molar-refractivity contribution in [2.24, 2.45) is 0 Å². The van der Waals surface area contributed by atoms with Gasteiger partial charge in [-0.1, -0.05) is 22.0 Å². The molecule has 0 atom stereocenters. The van der Waals surface area contributed by atoms with Gasteiger partial charge in [0.1, 0.15) is 5.75 Å². The lowest BCUT2D eigenvalue weighted by atomic mass is 10.2. The number of hydrogen-bond donors (Lipinski definition) is 2. The van der Waals surface area contributed by atoms with Gasteiger partial charge in [0.25, 0.3) is 5.91 Å². The molecule has 0 unspecified atom stereocenters. The van der Waals surface area contributed by atoms with Crippen molar-refractivity contribution < 1.29 is 14.6 Å². The first kappa shape index (κ1) is 14.3. The lowest BCUT2D eigenvalue weighted by Crippen LogP contribution is -2.22. The Hall–Kier alpha value is -2.08. The van der Waals surface area contributed by atoms with Gasteiger partial charge in [0.15, 0.2) is 0 Å². The number of methoxy groups -OCH3 is 1. The minimum atomic E-state index is -0.342. The fourth-order valence-electron chi connectivity index (χ4n) is 1.61. The summed E-state index contributed by atoms with van der Waals surface area (Å²) in [6, 6.07) is 8.26. The summed E-state index contributed by atoms with van der Waals surface area (Å²) in [5, 5.41) is 12.4. The number of carbonyl (C=O) groups is 1. The van der Waals surface area contributed by atoms with Crippen LogP contribution in [0.3, 0.4) is 0 Å². The summed E-state index contributed by atoms with van der Waals surface area (Å²) in [5.41, 5.74) is 1.07. The molecule has 2 aromatic rings. The standard InChI is InChI=1S/C14H13BrN2O3/c1-20-13-5-2-9(7-16-13)8-17-14(19)11-4-3-10(15)6-12(11)18/h2-7,18H,8H2,1H3,(H,17,19). The SMILES string of the molecule is COc1ccc(CNC(=O)c2ccc(Br)cc2O)cn1. The van der Waals surface area contributed by atoms with E-state index in [9.17, 15) is 9.90 Å². The quantitative estimate of drug-likeness (QED) is 0.899. The van der Waals surface area contributed by atoms with Gasteiger partial charge in [-0.3, -0.25) is 4.79 Å². The Bertz CT molecular complexity index is 614. The molecule has 104 valence electrons. The average Bonchev–Trinajstić information content (AvgIpc) is 2.45. The van der Waals surface area contributed by atoms with E-state index in [-0.39, 0.29) is 17.2 Å². The molecule has 0 saturated heterocycles. The van der Waals surface area contributed by atoms with Crippen LogP contribution in [0.5, 0.6) is 11.6 Å². The molecule has 0 aliphatic rings. The molecule has 0 radical (unpaired) electrons. The van der Waals surface area contributed by atoms with Crippen molar-refractivity contribution in [3.8, 4) is 11.6 Å². The Morgan fingerprint density at radius 3 is 2.80 bits per heavy atom. The Balaban J connectivity index is 2.00. The first-order valence-electron chi connectivity index (χ1n) is 5.86. The maximum Gasteiger partial charge on any atom is 0.255 e. The van der Waals surface area contributed by atoms with Crippen LogP contribution in [0.4, 0.5) is 0 Å². The number of phenolic OH excluding ortho intramolecular Hbond substituents is 1. The summed E-state index contributed by atoms with van der Waals surface area (Å²) in [6.07, 6.45) is 1.63. The molecule has 20 heavy (non-hydrogen) atoms. The third-order valence-electron chi connectivity index (χ3n) is 2.66. The average molecular weight is 337 g/mol. The summed E-state index contributed by atoms with van der Waals surface area (Å²) in [6.45, 7) is 0.325. The maximum atomic E-state index is 11.9. The van der Waals surface area contributed by atoms with E-state index in [2.05, 4.69) is 26.2 Å². The molecule has 2 rings (SSSR count). The Morgan fingerprint density at radius 1 is 1.40 bits per heavy atom. The molecular formula is C14H13BrN2O3. The van der Waals surface area contributed by atoms with Gasteiger partial charge in [-0.05, 0) is 23.8 Å². The van der Waals surface area contributed by atoms with E-state index in [0.29, 0.717) is 16.9 Å². The molecule has 5 nitrogen and oxygen atoms in total. The number of pyridine rings is 1. The Kier molecular flexibility index (Phi) is 4.57. The molecule has 0 aliphatic carbocycles. The predicted molar refractivity (Wildman–Crippen MR) is 77.8 cm³/mol. The zero-order chi connectivity index (χ0) is 14.5. The second-order valence-electron chi connectivity index (χ2n) is 4.05. The summed E-state index contributed by atoms with van der Waals surface area (Å²) >= 11 is 3.22. The zero-order valence-corrected chi connectivity index (χ0v) is 12.3. The number of nitrogens with one attached hydrogen (secondary N) is 1. The van der Waals surface area contributed by atoms with Crippen LogP contribution in [0, 0.1) is 0 Å². The molecule has 1 aromatic heterocycles. The molecule has 1 heterocycles. The Labute approximate surface area is 124 Å². The number of aromatic hydroxyl groups is 1. The molecule has 0 saturated carbocycles. The van der Waals surface area contributed by atoms with E-state index in [1.54, 1.807) is 31.5 Å². The minimum Gasteiger partial charge on any atom is -0.507 e. The first-order chi connectivity index (χ1) is 9.60. The molecule has 0 fully saturated rings. The minimum absolute atomic E-state index is 0.0651. The van der Waals surface area contributed by atoms with Crippen LogP contribution < -0.4 is 10.1 Å². The van der Waals surface area contributed by atoms with Gasteiger partial charge in [-0.15, -0.1) is 0 Å². The van der Waals surface area contributed by atoms with E-state index in [1.807, 2.05) is 6.07 Å². The van der Waals surface area contributed by atoms with Crippen molar-refractivity contribution in [3.05, 3.63) is 52.1 Å². The number of nitrogens with zero attached hydrogens (tertiary/aromatic N) is 1. The van der Waals surface area contributed by atoms with E-state index in [1.165, 1.54) is 6.07 Å². The highest BCUT2D eigenvalue weighted by Gasteiger charge is 2.10. The third kappa shape index (κ3) is 3.48. The summed E-state index contributed by atoms with van der Waals surface area (Å²) in [5.74, 6) is 0.112. The first-order valence-corrected chi connectivity index (χ1v) is 6.65. The van der Waals surface area contributed by atoms with Crippen LogP contribution in [-0.4, -0.2) is 23.1 Å². The second kappa shape index (κ2) is 6.38. The maximum absolute atomic E-state index is 11.9. The summed E-state index contributed by atoms with van der Waals surface area (Å²) in [7, 11) is 1.54. The van der Waals surface area contributed by atoms with Crippen LogP contribution in [0.15, 0.2) is 41.0 Å². The number of phenols is 1. The topological polar surface area (TPSA) is 71.5 Å². The van der Waals surface area contributed by atoms with Crippen molar-refractivity contribution in [2.45, 2.75) is 6.54 Å². The second-order valence-corrected chi connectivity index (χ2v) is 4.97. The van der Waals surface area contributed by atoms with Crippen molar-refractivity contribution in [1.82, 2.24) is 10.3 Å². The van der Waals surface area contributed by atoms with Crippen molar-refractivity contribution in [3.63, 3.8) is 0 Å². The lowest BCUT2D eigenvalue weighted by molar-refractivity contribution is 0.0948. The van der Waals surface area contributed by atoms with Crippen LogP contribution in [0.25, 0.3) is 0 Å². The number of aromatic nitrogens is 1. The fraction of sp³-hybridized carbons (Fsp3) is 0.143. The number of rotatable bonds is 4. The largest absolute Gasteiger partial charge is 0.507 e. The molecule has 1 aromatic carbocycles. The monoisotopic (exact) mass is 336 g/mol. The smallest absolute Gasteiger partial charge is 0.255 e. The molecule has 0 bridgehead atoms.